The lowest BCUT2D eigenvalue weighted by atomic mass is 10.1. The molecular weight excluding hydrogens is 493 g/mol. The molecule has 0 bridgehead atoms. The van der Waals surface area contributed by atoms with Gasteiger partial charge in [0.25, 0.3) is 0 Å². The Bertz CT molecular complexity index is 1360. The molecule has 8 heteroatoms. The van der Waals surface area contributed by atoms with Crippen molar-refractivity contribution in [1.82, 2.24) is 0 Å². The molecule has 0 aromatic heterocycles. The Morgan fingerprint density at radius 1 is 0.686 bits per heavy atom. The van der Waals surface area contributed by atoms with Crippen molar-refractivity contribution in [2.75, 3.05) is 0 Å². The summed E-state index contributed by atoms with van der Waals surface area (Å²) in [6, 6.07) is 27.0. The van der Waals surface area contributed by atoms with Crippen LogP contribution in [-0.4, -0.2) is 13.0 Å². The highest BCUT2D eigenvalue weighted by Gasteiger charge is 2.31. The summed E-state index contributed by atoms with van der Waals surface area (Å²) in [4.78, 5) is 2.82. The van der Waals surface area contributed by atoms with Crippen molar-refractivity contribution in [3.05, 3.63) is 119 Å². The highest BCUT2D eigenvalue weighted by Crippen LogP contribution is 2.35. The molecule has 0 saturated heterocycles. The molecule has 35 heavy (non-hydrogen) atoms. The summed E-state index contributed by atoms with van der Waals surface area (Å²) in [6.45, 7) is 6.65. The van der Waals surface area contributed by atoms with Gasteiger partial charge in [-0.15, -0.1) is 0 Å². The van der Waals surface area contributed by atoms with Gasteiger partial charge in [-0.05, 0) is 57.2 Å². The first-order chi connectivity index (χ1) is 16.5. The lowest BCUT2D eigenvalue weighted by Gasteiger charge is -2.13. The van der Waals surface area contributed by atoms with E-state index in [2.05, 4.69) is 93.6 Å². The number of hydrogen-bond donors (Lipinski definition) is 0. The minimum absolute atomic E-state index is 0.0460. The first-order valence-electron chi connectivity index (χ1n) is 10.5. The van der Waals surface area contributed by atoms with Gasteiger partial charge in [-0.3, -0.25) is 0 Å². The normalized spacial score (nSPS) is 11.2. The molecule has 4 aromatic rings. The molecule has 0 aliphatic heterocycles. The van der Waals surface area contributed by atoms with Gasteiger partial charge in [0.15, 0.2) is 32.1 Å². The van der Waals surface area contributed by atoms with E-state index in [1.165, 1.54) is 31.4 Å². The predicted molar refractivity (Wildman–Crippen MR) is 130 cm³/mol. The molecule has 0 heterocycles. The SMILES string of the molecule is Cc1cc(C)c([S+](c2ccccc2)c2ccccc2)c(C)c1.O=S(=O)([O-])c1ccc(F)c(F)c1F. The molecule has 3 nitrogen and oxygen atoms in total. The van der Waals surface area contributed by atoms with Gasteiger partial charge in [0.1, 0.15) is 10.1 Å². The topological polar surface area (TPSA) is 57.2 Å². The van der Waals surface area contributed by atoms with Crippen LogP contribution in [0.25, 0.3) is 0 Å². The number of halogens is 3. The molecule has 0 aliphatic carbocycles. The minimum atomic E-state index is -5.10. The summed E-state index contributed by atoms with van der Waals surface area (Å²) in [5, 5.41) is 0. The van der Waals surface area contributed by atoms with Gasteiger partial charge in [0, 0.05) is 11.1 Å². The molecule has 0 N–H and O–H groups in total. The van der Waals surface area contributed by atoms with E-state index in [-0.39, 0.29) is 10.9 Å². The van der Waals surface area contributed by atoms with Crippen molar-refractivity contribution < 1.29 is 26.1 Å². The van der Waals surface area contributed by atoms with E-state index in [0.717, 1.165) is 0 Å². The van der Waals surface area contributed by atoms with Crippen LogP contribution in [0.15, 0.2) is 105 Å². The third-order valence-corrected chi connectivity index (χ3v) is 8.43. The predicted octanol–water partition coefficient (Wildman–Crippen LogP) is 6.72. The fourth-order valence-electron chi connectivity index (χ4n) is 3.67. The standard InChI is InChI=1S/C21H21S.C6H3F3O3S/c1-16-14-17(2)21(18(3)15-16)22(19-10-6-4-7-11-19)20-12-8-5-9-13-20;7-3-1-2-4(13(10,11)12)6(9)5(3)8/h4-15H,1-3H3;1-2H,(H,10,11,12)/q+1;/p-1. The van der Waals surface area contributed by atoms with Crippen LogP contribution in [0.2, 0.25) is 0 Å². The van der Waals surface area contributed by atoms with E-state index in [4.69, 9.17) is 0 Å². The Morgan fingerprint density at radius 2 is 1.14 bits per heavy atom. The Hall–Kier alpha value is -3.07. The average Bonchev–Trinajstić information content (AvgIpc) is 2.80. The molecule has 0 spiro atoms. The van der Waals surface area contributed by atoms with Crippen LogP contribution in [0.1, 0.15) is 16.7 Å². The van der Waals surface area contributed by atoms with Gasteiger partial charge < -0.3 is 4.55 Å². The molecule has 0 radical (unpaired) electrons. The molecule has 0 fully saturated rings. The van der Waals surface area contributed by atoms with Crippen LogP contribution < -0.4 is 0 Å². The Labute approximate surface area is 206 Å². The van der Waals surface area contributed by atoms with Gasteiger partial charge in [-0.2, -0.15) is 0 Å². The Morgan fingerprint density at radius 3 is 1.57 bits per heavy atom. The van der Waals surface area contributed by atoms with Gasteiger partial charge >= 0.3 is 0 Å². The third kappa shape index (κ3) is 6.33. The van der Waals surface area contributed by atoms with Gasteiger partial charge in [-0.25, -0.2) is 21.6 Å². The van der Waals surface area contributed by atoms with Crippen LogP contribution in [-0.2, 0) is 21.0 Å². The molecule has 0 amide bonds. The molecular formula is C27H23F3O3S2. The van der Waals surface area contributed by atoms with Crippen molar-refractivity contribution in [3.8, 4) is 0 Å². The first kappa shape index (κ1) is 26.5. The number of rotatable bonds is 4. The summed E-state index contributed by atoms with van der Waals surface area (Å²) in [6.07, 6.45) is 0. The molecule has 4 aromatic carbocycles. The molecule has 0 saturated carbocycles. The lowest BCUT2D eigenvalue weighted by molar-refractivity contribution is 0.418. The average molecular weight is 517 g/mol. The maximum atomic E-state index is 12.6. The second-order valence-electron chi connectivity index (χ2n) is 7.79. The van der Waals surface area contributed by atoms with E-state index < -0.39 is 32.5 Å². The number of hydrogen-bond acceptors (Lipinski definition) is 3. The van der Waals surface area contributed by atoms with Crippen LogP contribution >= 0.6 is 0 Å². The van der Waals surface area contributed by atoms with Crippen molar-refractivity contribution in [3.63, 3.8) is 0 Å². The zero-order valence-corrected chi connectivity index (χ0v) is 20.9. The third-order valence-electron chi connectivity index (χ3n) is 5.04. The van der Waals surface area contributed by atoms with Gasteiger partial charge in [0.05, 0.1) is 15.8 Å². The van der Waals surface area contributed by atoms with Crippen molar-refractivity contribution in [2.24, 2.45) is 0 Å². The number of benzene rings is 4. The quantitative estimate of drug-likeness (QED) is 0.172. The van der Waals surface area contributed by atoms with E-state index in [9.17, 15) is 26.1 Å². The second-order valence-corrected chi connectivity index (χ2v) is 11.1. The summed E-state index contributed by atoms with van der Waals surface area (Å²) in [5.74, 6) is -5.52. The summed E-state index contributed by atoms with van der Waals surface area (Å²) >= 11 is 0. The van der Waals surface area contributed by atoms with Crippen molar-refractivity contribution in [2.45, 2.75) is 40.4 Å². The monoisotopic (exact) mass is 516 g/mol. The fourth-order valence-corrected chi connectivity index (χ4v) is 6.58. The number of aryl methyl sites for hydroxylation is 3. The maximum Gasteiger partial charge on any atom is 0.195 e. The first-order valence-corrected chi connectivity index (χ1v) is 13.2. The lowest BCUT2D eigenvalue weighted by Crippen LogP contribution is -2.08. The molecule has 0 aliphatic rings. The van der Waals surface area contributed by atoms with Crippen LogP contribution in [0.5, 0.6) is 0 Å². The molecule has 0 unspecified atom stereocenters. The van der Waals surface area contributed by atoms with Gasteiger partial charge in [0.2, 0.25) is 0 Å². The Kier molecular flexibility index (Phi) is 8.43. The van der Waals surface area contributed by atoms with Crippen molar-refractivity contribution in [1.29, 1.82) is 0 Å². The summed E-state index contributed by atoms with van der Waals surface area (Å²) in [5.41, 5.74) is 4.10. The summed E-state index contributed by atoms with van der Waals surface area (Å²) in [7, 11) is -5.15. The van der Waals surface area contributed by atoms with Crippen LogP contribution in [0.3, 0.4) is 0 Å². The molecule has 4 rings (SSSR count). The largest absolute Gasteiger partial charge is 0.744 e. The zero-order chi connectivity index (χ0) is 25.8. The highest BCUT2D eigenvalue weighted by molar-refractivity contribution is 7.97. The van der Waals surface area contributed by atoms with E-state index in [1.807, 2.05) is 0 Å². The fraction of sp³-hybridized carbons (Fsp3) is 0.111. The van der Waals surface area contributed by atoms with Crippen LogP contribution in [0.4, 0.5) is 13.2 Å². The summed E-state index contributed by atoms with van der Waals surface area (Å²) < 4.78 is 67.9. The van der Waals surface area contributed by atoms with E-state index in [1.54, 1.807) is 0 Å². The highest BCUT2D eigenvalue weighted by atomic mass is 32.2. The van der Waals surface area contributed by atoms with E-state index in [0.29, 0.717) is 12.1 Å². The molecule has 0 atom stereocenters. The smallest absolute Gasteiger partial charge is 0.195 e. The Balaban J connectivity index is 0.000000225. The van der Waals surface area contributed by atoms with E-state index >= 15 is 0 Å². The second kappa shape index (κ2) is 11.1. The zero-order valence-electron chi connectivity index (χ0n) is 19.3. The van der Waals surface area contributed by atoms with Gasteiger partial charge in [-0.1, -0.05) is 54.1 Å². The maximum absolute atomic E-state index is 12.6. The van der Waals surface area contributed by atoms with Crippen LogP contribution in [0, 0.1) is 38.2 Å². The minimum Gasteiger partial charge on any atom is -0.744 e. The van der Waals surface area contributed by atoms with Crippen molar-refractivity contribution >= 4 is 21.0 Å². The molecule has 182 valence electrons.